The van der Waals surface area contributed by atoms with E-state index in [0.717, 1.165) is 0 Å². The molecule has 0 bridgehead atoms. The largest absolute Gasteiger partial charge is 0.382 e. The van der Waals surface area contributed by atoms with Gasteiger partial charge in [0, 0.05) is 7.11 Å². The maximum atomic E-state index is 5.53. The van der Waals surface area contributed by atoms with Crippen molar-refractivity contribution < 1.29 is 9.57 Å². The Morgan fingerprint density at radius 2 is 1.65 bits per heavy atom. The molecule has 3 nitrogen and oxygen atoms in total. The van der Waals surface area contributed by atoms with Crippen LogP contribution in [0, 0.1) is 6.92 Å². The van der Waals surface area contributed by atoms with Gasteiger partial charge in [-0.3, -0.25) is 4.84 Å². The van der Waals surface area contributed by atoms with Crippen LogP contribution in [0.5, 0.6) is 0 Å². The third-order valence-electron chi connectivity index (χ3n) is 3.22. The van der Waals surface area contributed by atoms with Crippen molar-refractivity contribution in [3.63, 3.8) is 0 Å². The Kier molecular flexibility index (Phi) is 5.74. The fourth-order valence-corrected chi connectivity index (χ4v) is 2.13. The van der Waals surface area contributed by atoms with Gasteiger partial charge in [-0.05, 0) is 23.6 Å². The number of aryl methyl sites for hydroxylation is 1. The van der Waals surface area contributed by atoms with E-state index in [4.69, 9.17) is 9.57 Å². The molecule has 0 aliphatic heterocycles. The molecule has 20 heavy (non-hydrogen) atoms. The van der Waals surface area contributed by atoms with Crippen molar-refractivity contribution in [3.8, 4) is 0 Å². The molecule has 0 saturated carbocycles. The van der Waals surface area contributed by atoms with Crippen molar-refractivity contribution in [1.82, 2.24) is 5.48 Å². The van der Waals surface area contributed by atoms with E-state index in [1.807, 2.05) is 24.3 Å². The van der Waals surface area contributed by atoms with Crippen LogP contribution in [-0.2, 0) is 9.57 Å². The Morgan fingerprint density at radius 3 is 2.35 bits per heavy atom. The van der Waals surface area contributed by atoms with Crippen LogP contribution < -0.4 is 5.48 Å². The van der Waals surface area contributed by atoms with Crippen LogP contribution in [0.1, 0.15) is 22.7 Å². The molecule has 2 aromatic rings. The minimum Gasteiger partial charge on any atom is -0.382 e. The van der Waals surface area contributed by atoms with Crippen LogP contribution in [0.25, 0.3) is 0 Å². The second-order valence-electron chi connectivity index (χ2n) is 4.66. The van der Waals surface area contributed by atoms with E-state index in [0.29, 0.717) is 13.2 Å². The number of hydroxylamine groups is 1. The van der Waals surface area contributed by atoms with Gasteiger partial charge in [0.25, 0.3) is 0 Å². The SMILES string of the molecule is COCCONC(c1ccccc1)c1ccccc1C. The van der Waals surface area contributed by atoms with E-state index in [1.54, 1.807) is 7.11 Å². The van der Waals surface area contributed by atoms with Crippen LogP contribution in [0.15, 0.2) is 54.6 Å². The Labute approximate surface area is 120 Å². The smallest absolute Gasteiger partial charge is 0.0916 e. The maximum Gasteiger partial charge on any atom is 0.0916 e. The molecule has 1 atom stereocenters. The van der Waals surface area contributed by atoms with Crippen LogP contribution in [0.3, 0.4) is 0 Å². The fourth-order valence-electron chi connectivity index (χ4n) is 2.13. The van der Waals surface area contributed by atoms with Crippen LogP contribution >= 0.6 is 0 Å². The highest BCUT2D eigenvalue weighted by atomic mass is 16.7. The van der Waals surface area contributed by atoms with E-state index >= 15 is 0 Å². The van der Waals surface area contributed by atoms with Crippen molar-refractivity contribution in [3.05, 3.63) is 71.3 Å². The molecule has 2 rings (SSSR count). The van der Waals surface area contributed by atoms with Crippen LogP contribution in [-0.4, -0.2) is 20.3 Å². The first kappa shape index (κ1) is 14.7. The second kappa shape index (κ2) is 7.80. The van der Waals surface area contributed by atoms with Crippen LogP contribution in [0.4, 0.5) is 0 Å². The summed E-state index contributed by atoms with van der Waals surface area (Å²) in [6.45, 7) is 3.20. The summed E-state index contributed by atoms with van der Waals surface area (Å²) in [7, 11) is 1.67. The minimum atomic E-state index is 0.0225. The molecule has 0 saturated heterocycles. The molecule has 0 amide bonds. The summed E-state index contributed by atoms with van der Waals surface area (Å²) in [4.78, 5) is 5.53. The van der Waals surface area contributed by atoms with Gasteiger partial charge in [-0.2, -0.15) is 5.48 Å². The molecule has 0 aromatic heterocycles. The Hall–Kier alpha value is -1.68. The molecule has 3 heteroatoms. The van der Waals surface area contributed by atoms with Gasteiger partial charge in [-0.25, -0.2) is 0 Å². The number of methoxy groups -OCH3 is 1. The van der Waals surface area contributed by atoms with Crippen molar-refractivity contribution in [1.29, 1.82) is 0 Å². The highest BCUT2D eigenvalue weighted by Gasteiger charge is 2.15. The maximum absolute atomic E-state index is 5.53. The molecule has 2 aromatic carbocycles. The zero-order valence-corrected chi connectivity index (χ0v) is 12.0. The quantitative estimate of drug-likeness (QED) is 0.619. The molecule has 0 spiro atoms. The summed E-state index contributed by atoms with van der Waals surface area (Å²) in [5, 5.41) is 0. The van der Waals surface area contributed by atoms with Gasteiger partial charge in [0.05, 0.1) is 19.3 Å². The number of nitrogens with one attached hydrogen (secondary N) is 1. The van der Waals surface area contributed by atoms with Crippen molar-refractivity contribution in [2.24, 2.45) is 0 Å². The summed E-state index contributed by atoms with van der Waals surface area (Å²) < 4.78 is 4.99. The lowest BCUT2D eigenvalue weighted by Gasteiger charge is -2.21. The molecule has 1 N–H and O–H groups in total. The first-order valence-corrected chi connectivity index (χ1v) is 6.79. The average Bonchev–Trinajstić information content (AvgIpc) is 2.49. The first-order chi connectivity index (χ1) is 9.83. The second-order valence-corrected chi connectivity index (χ2v) is 4.66. The van der Waals surface area contributed by atoms with Gasteiger partial charge < -0.3 is 4.74 Å². The standard InChI is InChI=1S/C17H21NO2/c1-14-8-6-7-11-16(14)17(18-20-13-12-19-2)15-9-4-3-5-10-15/h3-11,17-18H,12-13H2,1-2H3. The molecule has 0 heterocycles. The van der Waals surface area contributed by atoms with E-state index in [9.17, 15) is 0 Å². The molecule has 1 unspecified atom stereocenters. The molecule has 0 aliphatic rings. The lowest BCUT2D eigenvalue weighted by Crippen LogP contribution is -2.25. The van der Waals surface area contributed by atoms with Gasteiger partial charge in [0.2, 0.25) is 0 Å². The lowest BCUT2D eigenvalue weighted by atomic mass is 9.96. The Morgan fingerprint density at radius 1 is 0.950 bits per heavy atom. The highest BCUT2D eigenvalue weighted by molar-refractivity contribution is 5.36. The average molecular weight is 271 g/mol. The first-order valence-electron chi connectivity index (χ1n) is 6.79. The van der Waals surface area contributed by atoms with Gasteiger partial charge in [-0.1, -0.05) is 54.6 Å². The summed E-state index contributed by atoms with van der Waals surface area (Å²) in [5.74, 6) is 0. The third kappa shape index (κ3) is 3.90. The lowest BCUT2D eigenvalue weighted by molar-refractivity contribution is -0.00578. The third-order valence-corrected chi connectivity index (χ3v) is 3.22. The monoisotopic (exact) mass is 271 g/mol. The zero-order chi connectivity index (χ0) is 14.2. The van der Waals surface area contributed by atoms with Crippen molar-refractivity contribution in [2.45, 2.75) is 13.0 Å². The number of rotatable bonds is 7. The van der Waals surface area contributed by atoms with Crippen LogP contribution in [0.2, 0.25) is 0 Å². The van der Waals surface area contributed by atoms with E-state index in [1.165, 1.54) is 16.7 Å². The molecule has 106 valence electrons. The van der Waals surface area contributed by atoms with Gasteiger partial charge in [-0.15, -0.1) is 0 Å². The zero-order valence-electron chi connectivity index (χ0n) is 12.0. The summed E-state index contributed by atoms with van der Waals surface area (Å²) in [6.07, 6.45) is 0. The number of benzene rings is 2. The van der Waals surface area contributed by atoms with Gasteiger partial charge >= 0.3 is 0 Å². The van der Waals surface area contributed by atoms with E-state index < -0.39 is 0 Å². The fraction of sp³-hybridized carbons (Fsp3) is 0.294. The summed E-state index contributed by atoms with van der Waals surface area (Å²) in [5.41, 5.74) is 6.79. The molecule has 0 aliphatic carbocycles. The van der Waals surface area contributed by atoms with Crippen molar-refractivity contribution in [2.75, 3.05) is 20.3 Å². The minimum absolute atomic E-state index is 0.0225. The predicted octanol–water partition coefficient (Wildman–Crippen LogP) is 3.25. The highest BCUT2D eigenvalue weighted by Crippen LogP contribution is 2.24. The van der Waals surface area contributed by atoms with E-state index in [2.05, 4.69) is 42.7 Å². The normalized spacial score (nSPS) is 12.3. The summed E-state index contributed by atoms with van der Waals surface area (Å²) >= 11 is 0. The Bertz CT molecular complexity index is 513. The molecule has 0 radical (unpaired) electrons. The predicted molar refractivity (Wildman–Crippen MR) is 80.4 cm³/mol. The number of ether oxygens (including phenoxy) is 1. The Balaban J connectivity index is 2.19. The van der Waals surface area contributed by atoms with E-state index in [-0.39, 0.29) is 6.04 Å². The summed E-state index contributed by atoms with van der Waals surface area (Å²) in [6, 6.07) is 18.7. The van der Waals surface area contributed by atoms with Crippen molar-refractivity contribution >= 4 is 0 Å². The van der Waals surface area contributed by atoms with Gasteiger partial charge in [0.1, 0.15) is 0 Å². The topological polar surface area (TPSA) is 30.5 Å². The number of hydrogen-bond acceptors (Lipinski definition) is 3. The molecular weight excluding hydrogens is 250 g/mol. The van der Waals surface area contributed by atoms with Gasteiger partial charge in [0.15, 0.2) is 0 Å². The molecule has 0 fully saturated rings. The molecular formula is C17H21NO2. The number of hydrogen-bond donors (Lipinski definition) is 1.